The maximum atomic E-state index is 12.2. The van der Waals surface area contributed by atoms with E-state index in [1.54, 1.807) is 12.4 Å². The minimum absolute atomic E-state index is 0. The van der Waals surface area contributed by atoms with E-state index in [2.05, 4.69) is 20.9 Å². The van der Waals surface area contributed by atoms with E-state index in [0.717, 1.165) is 12.0 Å². The van der Waals surface area contributed by atoms with Gasteiger partial charge < -0.3 is 16.0 Å². The third kappa shape index (κ3) is 6.41. The summed E-state index contributed by atoms with van der Waals surface area (Å²) in [5.41, 5.74) is 0.965. The summed E-state index contributed by atoms with van der Waals surface area (Å²) in [6, 6.07) is 4.18. The minimum Gasteiger partial charge on any atom is -0.354 e. The summed E-state index contributed by atoms with van der Waals surface area (Å²) < 4.78 is 0. The van der Waals surface area contributed by atoms with Gasteiger partial charge in [0.1, 0.15) is 0 Å². The maximum Gasteiger partial charge on any atom is 0.237 e. The summed E-state index contributed by atoms with van der Waals surface area (Å²) >= 11 is 0. The van der Waals surface area contributed by atoms with E-state index in [9.17, 15) is 9.59 Å². The Balaban J connectivity index is 0.00000169. The van der Waals surface area contributed by atoms with Gasteiger partial charge in [0.25, 0.3) is 0 Å². The number of fused-ring (bicyclic) bond motifs is 1. The van der Waals surface area contributed by atoms with E-state index in [-0.39, 0.29) is 42.7 Å². The smallest absolute Gasteiger partial charge is 0.237 e. The van der Waals surface area contributed by atoms with Crippen LogP contribution >= 0.6 is 24.8 Å². The number of halogens is 2. The van der Waals surface area contributed by atoms with Crippen molar-refractivity contribution in [2.45, 2.75) is 57.2 Å². The zero-order valence-corrected chi connectivity index (χ0v) is 16.4. The monoisotopic (exact) mass is 402 g/mol. The van der Waals surface area contributed by atoms with Gasteiger partial charge in [0.15, 0.2) is 0 Å². The molecule has 1 aromatic rings. The second-order valence-corrected chi connectivity index (χ2v) is 6.79. The second kappa shape index (κ2) is 11.4. The number of nitrogens with zero attached hydrogens (tertiary/aromatic N) is 1. The standard InChI is InChI=1S/C18H26N4O2.2ClH/c23-17(21-12-13-4-3-8-19-11-13)7-9-20-18(24)16-10-14-5-1-2-6-15(14)22-16;;/h3-4,8,11,14-16,22H,1-2,5-7,9-10,12H2,(H,20,24)(H,21,23);2*1H. The van der Waals surface area contributed by atoms with Crippen molar-refractivity contribution in [2.75, 3.05) is 6.54 Å². The summed E-state index contributed by atoms with van der Waals surface area (Å²) in [6.07, 6.45) is 9.63. The number of nitrogens with one attached hydrogen (secondary N) is 3. The molecule has 0 bridgehead atoms. The van der Waals surface area contributed by atoms with Crippen LogP contribution in [0.1, 0.15) is 44.1 Å². The van der Waals surface area contributed by atoms with Gasteiger partial charge in [-0.25, -0.2) is 0 Å². The first-order valence-corrected chi connectivity index (χ1v) is 8.92. The Kier molecular flexibility index (Phi) is 9.91. The molecule has 0 spiro atoms. The molecular formula is C18H28Cl2N4O2. The SMILES string of the molecule is Cl.Cl.O=C(CCNC(=O)C1CC2CCCCC2N1)NCc1cccnc1. The molecule has 146 valence electrons. The Labute approximate surface area is 167 Å². The van der Waals surface area contributed by atoms with Crippen LogP contribution in [-0.4, -0.2) is 35.4 Å². The first kappa shape index (κ1) is 22.7. The fraction of sp³-hybridized carbons (Fsp3) is 0.611. The van der Waals surface area contributed by atoms with E-state index in [1.165, 1.54) is 25.7 Å². The summed E-state index contributed by atoms with van der Waals surface area (Å²) in [7, 11) is 0. The van der Waals surface area contributed by atoms with Crippen molar-refractivity contribution >= 4 is 36.6 Å². The molecule has 1 aromatic heterocycles. The topological polar surface area (TPSA) is 83.1 Å². The molecule has 2 aliphatic rings. The fourth-order valence-corrected chi connectivity index (χ4v) is 3.74. The number of pyridine rings is 1. The number of hydrogen-bond acceptors (Lipinski definition) is 4. The average molecular weight is 403 g/mol. The zero-order chi connectivity index (χ0) is 16.8. The summed E-state index contributed by atoms with van der Waals surface area (Å²) in [4.78, 5) is 28.1. The van der Waals surface area contributed by atoms with Gasteiger partial charge in [0.05, 0.1) is 6.04 Å². The highest BCUT2D eigenvalue weighted by Crippen LogP contribution is 2.33. The molecule has 0 aromatic carbocycles. The van der Waals surface area contributed by atoms with Crippen LogP contribution in [0.4, 0.5) is 0 Å². The predicted molar refractivity (Wildman–Crippen MR) is 105 cm³/mol. The number of rotatable bonds is 6. The minimum atomic E-state index is -0.0865. The van der Waals surface area contributed by atoms with E-state index in [1.807, 2.05) is 12.1 Å². The van der Waals surface area contributed by atoms with Crippen LogP contribution in [0.15, 0.2) is 24.5 Å². The van der Waals surface area contributed by atoms with Gasteiger partial charge in [-0.15, -0.1) is 24.8 Å². The molecule has 6 nitrogen and oxygen atoms in total. The first-order chi connectivity index (χ1) is 11.7. The Morgan fingerprint density at radius 3 is 2.73 bits per heavy atom. The number of amides is 2. The summed E-state index contributed by atoms with van der Waals surface area (Å²) in [6.45, 7) is 0.847. The third-order valence-electron chi connectivity index (χ3n) is 5.04. The second-order valence-electron chi connectivity index (χ2n) is 6.79. The maximum absolute atomic E-state index is 12.2. The molecule has 26 heavy (non-hydrogen) atoms. The number of carbonyl (C=O) groups is 2. The number of aromatic nitrogens is 1. The molecular weight excluding hydrogens is 375 g/mol. The zero-order valence-electron chi connectivity index (χ0n) is 14.8. The lowest BCUT2D eigenvalue weighted by atomic mass is 9.85. The first-order valence-electron chi connectivity index (χ1n) is 8.92. The van der Waals surface area contributed by atoms with E-state index < -0.39 is 0 Å². The van der Waals surface area contributed by atoms with Crippen molar-refractivity contribution in [3.8, 4) is 0 Å². The molecule has 2 heterocycles. The van der Waals surface area contributed by atoms with Crippen molar-refractivity contribution in [3.63, 3.8) is 0 Å². The lowest BCUT2D eigenvalue weighted by molar-refractivity contribution is -0.123. The van der Waals surface area contributed by atoms with Crippen molar-refractivity contribution < 1.29 is 9.59 Å². The molecule has 2 fully saturated rings. The van der Waals surface area contributed by atoms with Crippen LogP contribution in [0.25, 0.3) is 0 Å². The lowest BCUT2D eigenvalue weighted by Crippen LogP contribution is -2.44. The lowest BCUT2D eigenvalue weighted by Gasteiger charge is -2.24. The van der Waals surface area contributed by atoms with Gasteiger partial charge >= 0.3 is 0 Å². The van der Waals surface area contributed by atoms with Gasteiger partial charge in [0.2, 0.25) is 11.8 Å². The Morgan fingerprint density at radius 1 is 1.19 bits per heavy atom. The van der Waals surface area contributed by atoms with Crippen molar-refractivity contribution in [2.24, 2.45) is 5.92 Å². The van der Waals surface area contributed by atoms with Gasteiger partial charge in [-0.3, -0.25) is 14.6 Å². The summed E-state index contributed by atoms with van der Waals surface area (Å²) in [5.74, 6) is 0.619. The highest BCUT2D eigenvalue weighted by Gasteiger charge is 2.37. The highest BCUT2D eigenvalue weighted by molar-refractivity contribution is 5.85. The molecule has 1 saturated carbocycles. The molecule has 2 amide bonds. The third-order valence-corrected chi connectivity index (χ3v) is 5.04. The Morgan fingerprint density at radius 2 is 2.00 bits per heavy atom. The predicted octanol–water partition coefficient (Wildman–Crippen LogP) is 1.97. The fourth-order valence-electron chi connectivity index (χ4n) is 3.74. The average Bonchev–Trinajstić information content (AvgIpc) is 3.05. The molecule has 3 rings (SSSR count). The number of carbonyl (C=O) groups excluding carboxylic acids is 2. The van der Waals surface area contributed by atoms with Crippen LogP contribution < -0.4 is 16.0 Å². The summed E-state index contributed by atoms with van der Waals surface area (Å²) in [5, 5.41) is 9.18. The molecule has 1 aliphatic carbocycles. The highest BCUT2D eigenvalue weighted by atomic mass is 35.5. The quantitative estimate of drug-likeness (QED) is 0.678. The van der Waals surface area contributed by atoms with Crippen molar-refractivity contribution in [1.29, 1.82) is 0 Å². The van der Waals surface area contributed by atoms with Gasteiger partial charge in [0, 0.05) is 37.9 Å². The van der Waals surface area contributed by atoms with E-state index in [4.69, 9.17) is 0 Å². The normalized spacial score (nSPS) is 23.8. The molecule has 1 saturated heterocycles. The Hall–Kier alpha value is -1.37. The van der Waals surface area contributed by atoms with Crippen LogP contribution in [0, 0.1) is 5.92 Å². The molecule has 8 heteroatoms. The van der Waals surface area contributed by atoms with Gasteiger partial charge in [-0.2, -0.15) is 0 Å². The van der Waals surface area contributed by atoms with Gasteiger partial charge in [-0.05, 0) is 36.8 Å². The van der Waals surface area contributed by atoms with Crippen molar-refractivity contribution in [3.05, 3.63) is 30.1 Å². The molecule has 3 unspecified atom stereocenters. The van der Waals surface area contributed by atoms with E-state index >= 15 is 0 Å². The molecule has 3 atom stereocenters. The van der Waals surface area contributed by atoms with Crippen LogP contribution in [0.2, 0.25) is 0 Å². The molecule has 1 aliphatic heterocycles. The van der Waals surface area contributed by atoms with Gasteiger partial charge in [-0.1, -0.05) is 18.9 Å². The molecule has 3 N–H and O–H groups in total. The van der Waals surface area contributed by atoms with Crippen molar-refractivity contribution in [1.82, 2.24) is 20.9 Å². The Bertz CT molecular complexity index is 560. The van der Waals surface area contributed by atoms with Crippen LogP contribution in [0.5, 0.6) is 0 Å². The largest absolute Gasteiger partial charge is 0.354 e. The van der Waals surface area contributed by atoms with Crippen LogP contribution in [0.3, 0.4) is 0 Å². The van der Waals surface area contributed by atoms with E-state index in [0.29, 0.717) is 31.5 Å². The number of hydrogen-bond donors (Lipinski definition) is 3. The van der Waals surface area contributed by atoms with Crippen LogP contribution in [-0.2, 0) is 16.1 Å². The molecule has 0 radical (unpaired) electrons.